The van der Waals surface area contributed by atoms with Crippen molar-refractivity contribution in [2.45, 2.75) is 0 Å². The number of rotatable bonds is 24. The highest BCUT2D eigenvalue weighted by Gasteiger charge is 2.21. The highest BCUT2D eigenvalue weighted by molar-refractivity contribution is 14.2. The van der Waals surface area contributed by atoms with E-state index in [2.05, 4.69) is 426 Å². The first-order chi connectivity index (χ1) is 61.8. The minimum absolute atomic E-state index is 0.736. The number of nitrogens with zero attached hydrogens (tertiary/aromatic N) is 4. The third-order valence-corrected chi connectivity index (χ3v) is 40.4. The summed E-state index contributed by atoms with van der Waals surface area (Å²) in [5.74, 6) is -2.03. The number of thiol groups is 2. The molecular weight excluding hydrogens is 1940 g/mol. The van der Waals surface area contributed by atoms with Crippen molar-refractivity contribution >= 4 is 201 Å². The quantitative estimate of drug-likeness (QED) is 0.0265. The zero-order valence-electron chi connectivity index (χ0n) is 67.4. The van der Waals surface area contributed by atoms with Crippen molar-refractivity contribution in [3.63, 3.8) is 0 Å². The molecule has 7 nitrogen and oxygen atoms in total. The van der Waals surface area contributed by atoms with Crippen LogP contribution in [0.25, 0.3) is 100 Å². The normalized spacial score (nSPS) is 12.0. The maximum atomic E-state index is 12.9. The van der Waals surface area contributed by atoms with Crippen LogP contribution >= 0.6 is 62.1 Å². The summed E-state index contributed by atoms with van der Waals surface area (Å²) in [5, 5.41) is 2.32. The molecule has 0 bridgehead atoms. The Bertz CT molecular complexity index is 7020. The topological polar surface area (TPSA) is 64.2 Å². The molecule has 126 heavy (non-hydrogen) atoms. The molecule has 0 aliphatic rings. The molecule has 18 aromatic carbocycles. The van der Waals surface area contributed by atoms with Crippen molar-refractivity contribution < 1.29 is 13.7 Å². The smallest absolute Gasteiger partial charge is 0.197 e. The lowest BCUT2D eigenvalue weighted by Crippen LogP contribution is -2.10. The van der Waals surface area contributed by atoms with E-state index in [4.69, 9.17) is 33.6 Å². The Hall–Kier alpha value is -11.5. The minimum Gasteiger partial charge on any atom is -0.311 e. The van der Waals surface area contributed by atoms with Gasteiger partial charge in [-0.25, -0.2) is 0 Å². The molecule has 0 saturated carbocycles. The predicted octanol–water partition coefficient (Wildman–Crippen LogP) is 31.5. The van der Waals surface area contributed by atoms with E-state index in [1.807, 2.05) is 91.0 Å². The van der Waals surface area contributed by atoms with Crippen molar-refractivity contribution in [3.05, 3.63) is 455 Å². The Morgan fingerprint density at radius 2 is 0.302 bits per heavy atom. The molecular formula is C108H77I2N4O3P3S6. The third-order valence-electron chi connectivity index (χ3n) is 22.4. The lowest BCUT2D eigenvalue weighted by Gasteiger charge is -2.27. The number of hydrogen-bond acceptors (Lipinski definition) is 10. The van der Waals surface area contributed by atoms with E-state index in [-0.39, 0.29) is 0 Å². The molecule has 0 aromatic heterocycles. The Balaban J connectivity index is 0.661. The standard InChI is InChI=1S/C108H77I2N4O3P3S6/c109-125(122)119(116)107-72-42-92(43-73-107)89-36-66-104(67-37-89)112(95-48-18-80(19-49-95)77-12-6-2-7-13-77)98-54-24-83(25-55-98)86-30-60-101(61-31-86)114(100-58-28-85(29-59-100)82-22-52-97(53-23-82)111(94-46-16-79(17-47-94)76-10-4-1-5-11-76)103-64-34-88(35-65-103)91-40-70-106(71-41-91)118(115)124-121)102-62-32-87(33-63-102)84-26-56-99(57-27-84)113(96-50-20-81(21-51-96)78-14-8-3-9-15-78)105-68-38-90(39-69-105)93-44-74-108(75-45-93)120(117)126(110)123/h1-75,125-126H. The van der Waals surface area contributed by atoms with Gasteiger partial charge in [0.15, 0.2) is 19.7 Å². The van der Waals surface area contributed by atoms with Crippen molar-refractivity contribution in [1.29, 1.82) is 0 Å². The first kappa shape index (κ1) is 85.3. The van der Waals surface area contributed by atoms with E-state index in [0.717, 1.165) is 194 Å². The van der Waals surface area contributed by atoms with E-state index in [0.29, 0.717) is 0 Å². The maximum Gasteiger partial charge on any atom is 0.197 e. The Kier molecular flexibility index (Phi) is 26.8. The second-order valence-corrected chi connectivity index (χ2v) is 59.7. The molecule has 0 aliphatic heterocycles. The van der Waals surface area contributed by atoms with Crippen LogP contribution in [-0.2, 0) is 68.4 Å². The van der Waals surface area contributed by atoms with Crippen molar-refractivity contribution in [3.8, 4) is 100 Å². The summed E-state index contributed by atoms with van der Waals surface area (Å²) in [7, 11) is 0.954. The Labute approximate surface area is 781 Å². The molecule has 5 atom stereocenters. The van der Waals surface area contributed by atoms with Crippen LogP contribution in [0.1, 0.15) is 0 Å². The van der Waals surface area contributed by atoms with Crippen LogP contribution in [0.4, 0.5) is 68.2 Å². The van der Waals surface area contributed by atoms with Crippen LogP contribution in [0.3, 0.4) is 0 Å². The van der Waals surface area contributed by atoms with Gasteiger partial charge in [0.1, 0.15) is 0 Å². The monoisotopic (exact) mass is 2020 g/mol. The maximum absolute atomic E-state index is 12.9. The SMILES string of the molecule is O=P(=S=S)c1ccc(-c2ccc(N(c3ccc(-c4ccccc4)cc3)c3ccc(-c4ccc(N(c5ccc(-c6ccc(N(c7ccc(-c8ccccc8)cc7)c7ccc(-c8ccc(P(=O)=[SH](=S)I)cc8)cc7)cc6)cc5)c5ccc(-c6ccc(N(c7ccc(-c8ccccc8)cc7)c7ccc(-c8ccc(P(=O)=[SH](=S)I)cc8)cc7)cc6)cc5)cc4)cc3)cc2)cc1. The molecule has 0 heterocycles. The van der Waals surface area contributed by atoms with Gasteiger partial charge in [0.25, 0.3) is 0 Å². The fourth-order valence-electron chi connectivity index (χ4n) is 15.9. The van der Waals surface area contributed by atoms with Crippen molar-refractivity contribution in [1.82, 2.24) is 0 Å². The second kappa shape index (κ2) is 39.6. The first-order valence-electron chi connectivity index (χ1n) is 40.7. The largest absolute Gasteiger partial charge is 0.311 e. The molecule has 0 fully saturated rings. The molecule has 18 rings (SSSR count). The van der Waals surface area contributed by atoms with E-state index < -0.39 is 31.3 Å². The number of anilines is 12. The van der Waals surface area contributed by atoms with Gasteiger partial charge in [-0.2, -0.15) is 0 Å². The molecule has 0 N–H and O–H groups in total. The Morgan fingerprint density at radius 3 is 0.429 bits per heavy atom. The summed E-state index contributed by atoms with van der Waals surface area (Å²) in [6.07, 6.45) is 0. The molecule has 18 aromatic rings. The lowest BCUT2D eigenvalue weighted by atomic mass is 10.0. The highest BCUT2D eigenvalue weighted by Crippen LogP contribution is 2.45. The van der Waals surface area contributed by atoms with E-state index in [1.165, 1.54) is 0 Å². The summed E-state index contributed by atoms with van der Waals surface area (Å²) < 4.78 is 38.4. The molecule has 612 valence electrons. The number of hydrogen-bond donors (Lipinski definition) is 2. The summed E-state index contributed by atoms with van der Waals surface area (Å²) in [4.78, 5) is 9.23. The molecule has 0 aliphatic carbocycles. The zero-order chi connectivity index (χ0) is 86.0. The van der Waals surface area contributed by atoms with Gasteiger partial charge in [-0.1, -0.05) is 273 Å². The molecule has 5 unspecified atom stereocenters. The minimum atomic E-state index is -1.67. The second-order valence-electron chi connectivity index (χ2n) is 30.0. The number of benzene rings is 18. The van der Waals surface area contributed by atoms with Gasteiger partial charge in [0.05, 0.1) is 0 Å². The molecule has 0 amide bonds. The molecule has 0 spiro atoms. The van der Waals surface area contributed by atoms with Gasteiger partial charge in [0.2, 0.25) is 0 Å². The Morgan fingerprint density at radius 1 is 0.183 bits per heavy atom. The van der Waals surface area contributed by atoms with Gasteiger partial charge in [-0.05, 0) is 379 Å². The summed E-state index contributed by atoms with van der Waals surface area (Å²) in [6, 6.07) is 161. The number of halogens is 2. The molecule has 0 saturated heterocycles. The van der Waals surface area contributed by atoms with Crippen molar-refractivity contribution in [2.24, 2.45) is 0 Å². The van der Waals surface area contributed by atoms with Crippen LogP contribution in [0, 0.1) is 0 Å². The van der Waals surface area contributed by atoms with Crippen LogP contribution in [0.2, 0.25) is 0 Å². The average molecular weight is 2020 g/mol. The third kappa shape index (κ3) is 19.4. The summed E-state index contributed by atoms with van der Waals surface area (Å²) >= 11 is 20.1. The van der Waals surface area contributed by atoms with Crippen LogP contribution < -0.4 is 35.5 Å². The molecule has 0 radical (unpaired) electrons. The fraction of sp³-hybridized carbons (Fsp3) is 0. The first-order valence-corrected chi connectivity index (χ1v) is 58.5. The fourth-order valence-corrected chi connectivity index (χ4v) is 27.0. The molecule has 18 heteroatoms. The lowest BCUT2D eigenvalue weighted by molar-refractivity contribution is 0.601. The van der Waals surface area contributed by atoms with Gasteiger partial charge in [0, 0.05) is 84.2 Å². The summed E-state index contributed by atoms with van der Waals surface area (Å²) in [6.45, 7) is -4.87. The van der Waals surface area contributed by atoms with E-state index in [9.17, 15) is 13.7 Å². The van der Waals surface area contributed by atoms with Gasteiger partial charge < -0.3 is 19.6 Å². The van der Waals surface area contributed by atoms with E-state index in [1.54, 1.807) is 0 Å². The zero-order valence-corrected chi connectivity index (χ0v) is 79.5. The van der Waals surface area contributed by atoms with E-state index >= 15 is 0 Å². The predicted molar refractivity (Wildman–Crippen MR) is 571 cm³/mol. The summed E-state index contributed by atoms with van der Waals surface area (Å²) in [5.41, 5.74) is 31.8. The van der Waals surface area contributed by atoms with Crippen LogP contribution in [0.15, 0.2) is 455 Å². The van der Waals surface area contributed by atoms with Gasteiger partial charge in [-0.15, -0.1) is 0 Å². The van der Waals surface area contributed by atoms with Gasteiger partial charge >= 0.3 is 0 Å². The van der Waals surface area contributed by atoms with Gasteiger partial charge in [-0.3, -0.25) is 13.7 Å². The van der Waals surface area contributed by atoms with Crippen LogP contribution in [0.5, 0.6) is 0 Å². The highest BCUT2D eigenvalue weighted by atomic mass is 127. The van der Waals surface area contributed by atoms with Crippen LogP contribution in [-0.4, -0.2) is 0 Å². The van der Waals surface area contributed by atoms with Crippen molar-refractivity contribution in [2.75, 3.05) is 19.6 Å². The average Bonchev–Trinajstić information content (AvgIpc) is 0.793.